The van der Waals surface area contributed by atoms with Crippen LogP contribution >= 0.6 is 0 Å². The molecular formula is C14H26N2O4S. The Morgan fingerprint density at radius 2 is 1.76 bits per heavy atom. The van der Waals surface area contributed by atoms with Gasteiger partial charge in [-0.15, -0.1) is 0 Å². The van der Waals surface area contributed by atoms with Crippen molar-refractivity contribution in [3.8, 4) is 0 Å². The Bertz CT molecular complexity index is 438. The van der Waals surface area contributed by atoms with Gasteiger partial charge in [-0.25, -0.2) is 13.1 Å². The first-order valence-electron chi connectivity index (χ1n) is 7.81. The molecule has 1 aliphatic heterocycles. The third-order valence-electron chi connectivity index (χ3n) is 4.21. The van der Waals surface area contributed by atoms with Crippen LogP contribution in [0.3, 0.4) is 0 Å². The second-order valence-corrected chi connectivity index (χ2v) is 7.90. The summed E-state index contributed by atoms with van der Waals surface area (Å²) < 4.78 is 30.7. The van der Waals surface area contributed by atoms with Gasteiger partial charge in [-0.3, -0.25) is 4.79 Å². The molecule has 21 heavy (non-hydrogen) atoms. The maximum Gasteiger partial charge on any atom is 0.248 e. The number of nitrogens with one attached hydrogen (secondary N) is 1. The summed E-state index contributed by atoms with van der Waals surface area (Å²) in [5, 5.41) is 0. The van der Waals surface area contributed by atoms with Crippen molar-refractivity contribution >= 4 is 15.9 Å². The summed E-state index contributed by atoms with van der Waals surface area (Å²) in [6.07, 6.45) is 7.82. The van der Waals surface area contributed by atoms with Gasteiger partial charge in [0, 0.05) is 19.1 Å². The Morgan fingerprint density at radius 3 is 2.33 bits per heavy atom. The summed E-state index contributed by atoms with van der Waals surface area (Å²) in [4.78, 5) is 13.9. The van der Waals surface area contributed by atoms with Gasteiger partial charge in [0.05, 0.1) is 12.4 Å². The van der Waals surface area contributed by atoms with Crippen LogP contribution in [0.25, 0.3) is 0 Å². The first kappa shape index (κ1) is 16.7. The van der Waals surface area contributed by atoms with E-state index in [2.05, 4.69) is 4.72 Å². The molecule has 1 saturated carbocycles. The molecule has 122 valence electrons. The highest BCUT2D eigenvalue weighted by Gasteiger charge is 2.25. The van der Waals surface area contributed by atoms with Crippen LogP contribution in [0.1, 0.15) is 44.9 Å². The fourth-order valence-electron chi connectivity index (χ4n) is 3.07. The van der Waals surface area contributed by atoms with E-state index in [4.69, 9.17) is 4.74 Å². The minimum atomic E-state index is -3.13. The monoisotopic (exact) mass is 318 g/mol. The second kappa shape index (κ2) is 7.56. The molecule has 1 aliphatic carbocycles. The third-order valence-corrected chi connectivity index (χ3v) is 4.97. The standard InChI is InChI=1S/C14H26N2O4S/c1-21(18,19)15-12-5-7-13(8-6-12)20-11-14(17)16-9-3-2-4-10-16/h12-13,15H,2-11H2,1H3. The lowest BCUT2D eigenvalue weighted by Gasteiger charge is -2.30. The number of piperidine rings is 1. The van der Waals surface area contributed by atoms with Crippen molar-refractivity contribution in [2.45, 2.75) is 57.1 Å². The number of amides is 1. The molecule has 0 aromatic rings. The molecule has 1 saturated heterocycles. The molecule has 2 rings (SSSR count). The normalized spacial score (nSPS) is 27.6. The SMILES string of the molecule is CS(=O)(=O)NC1CCC(OCC(=O)N2CCCCC2)CC1. The Hall–Kier alpha value is -0.660. The van der Waals surface area contributed by atoms with E-state index < -0.39 is 10.0 Å². The minimum Gasteiger partial charge on any atom is -0.368 e. The highest BCUT2D eigenvalue weighted by atomic mass is 32.2. The summed E-state index contributed by atoms with van der Waals surface area (Å²) in [6.45, 7) is 1.87. The van der Waals surface area contributed by atoms with E-state index >= 15 is 0 Å². The van der Waals surface area contributed by atoms with Crippen LogP contribution in [0.2, 0.25) is 0 Å². The van der Waals surface area contributed by atoms with Gasteiger partial charge in [0.1, 0.15) is 6.61 Å². The first-order valence-corrected chi connectivity index (χ1v) is 9.70. The lowest BCUT2D eigenvalue weighted by atomic mass is 9.94. The fraction of sp³-hybridized carbons (Fsp3) is 0.929. The van der Waals surface area contributed by atoms with Gasteiger partial charge >= 0.3 is 0 Å². The van der Waals surface area contributed by atoms with E-state index in [-0.39, 0.29) is 24.7 Å². The van der Waals surface area contributed by atoms with Crippen LogP contribution in [0, 0.1) is 0 Å². The number of carbonyl (C=O) groups excluding carboxylic acids is 1. The number of sulfonamides is 1. The van der Waals surface area contributed by atoms with Gasteiger partial charge < -0.3 is 9.64 Å². The Kier molecular flexibility index (Phi) is 6.01. The molecule has 1 amide bonds. The number of likely N-dealkylation sites (tertiary alicyclic amines) is 1. The second-order valence-electron chi connectivity index (χ2n) is 6.12. The van der Waals surface area contributed by atoms with Crippen molar-refractivity contribution in [1.82, 2.24) is 9.62 Å². The predicted molar refractivity (Wildman–Crippen MR) is 80.4 cm³/mol. The van der Waals surface area contributed by atoms with Gasteiger partial charge in [0.15, 0.2) is 0 Å². The van der Waals surface area contributed by atoms with Crippen molar-refractivity contribution in [3.63, 3.8) is 0 Å². The summed E-state index contributed by atoms with van der Waals surface area (Å²) in [5.74, 6) is 0.0890. The van der Waals surface area contributed by atoms with E-state index in [9.17, 15) is 13.2 Å². The third kappa shape index (κ3) is 5.92. The van der Waals surface area contributed by atoms with Crippen LogP contribution in [0.4, 0.5) is 0 Å². The molecule has 2 fully saturated rings. The van der Waals surface area contributed by atoms with Gasteiger partial charge in [0.2, 0.25) is 15.9 Å². The highest BCUT2D eigenvalue weighted by Crippen LogP contribution is 2.22. The van der Waals surface area contributed by atoms with Crippen molar-refractivity contribution in [1.29, 1.82) is 0 Å². The Balaban J connectivity index is 1.65. The van der Waals surface area contributed by atoms with Crippen molar-refractivity contribution < 1.29 is 17.9 Å². The van der Waals surface area contributed by atoms with Gasteiger partial charge in [-0.1, -0.05) is 0 Å². The largest absolute Gasteiger partial charge is 0.368 e. The van der Waals surface area contributed by atoms with Crippen LogP contribution in [-0.2, 0) is 19.6 Å². The summed E-state index contributed by atoms with van der Waals surface area (Å²) >= 11 is 0. The fourth-order valence-corrected chi connectivity index (χ4v) is 3.92. The molecule has 1 heterocycles. The smallest absolute Gasteiger partial charge is 0.248 e. The quantitative estimate of drug-likeness (QED) is 0.816. The average molecular weight is 318 g/mol. The Labute approximate surface area is 127 Å². The maximum atomic E-state index is 12.0. The molecule has 0 bridgehead atoms. The van der Waals surface area contributed by atoms with Crippen molar-refractivity contribution in [2.75, 3.05) is 26.0 Å². The van der Waals surface area contributed by atoms with Crippen LogP contribution in [0.5, 0.6) is 0 Å². The minimum absolute atomic E-state index is 0.0117. The molecular weight excluding hydrogens is 292 g/mol. The molecule has 2 aliphatic rings. The topological polar surface area (TPSA) is 75.7 Å². The summed E-state index contributed by atoms with van der Waals surface area (Å²) in [7, 11) is -3.13. The van der Waals surface area contributed by atoms with Crippen molar-refractivity contribution in [2.24, 2.45) is 0 Å². The lowest BCUT2D eigenvalue weighted by Crippen LogP contribution is -2.41. The molecule has 0 spiro atoms. The predicted octanol–water partition coefficient (Wildman–Crippen LogP) is 0.876. The molecule has 0 unspecified atom stereocenters. The number of ether oxygens (including phenoxy) is 1. The van der Waals surface area contributed by atoms with E-state index in [0.717, 1.165) is 51.6 Å². The zero-order valence-corrected chi connectivity index (χ0v) is 13.5. The molecule has 0 radical (unpaired) electrons. The lowest BCUT2D eigenvalue weighted by molar-refractivity contribution is -0.139. The number of hydrogen-bond donors (Lipinski definition) is 1. The van der Waals surface area contributed by atoms with Crippen LogP contribution in [0.15, 0.2) is 0 Å². The first-order chi connectivity index (χ1) is 9.94. The van der Waals surface area contributed by atoms with E-state index in [0.29, 0.717) is 0 Å². The summed E-state index contributed by atoms with van der Waals surface area (Å²) in [6, 6.07) is 0.0117. The zero-order valence-electron chi connectivity index (χ0n) is 12.7. The molecule has 0 atom stereocenters. The molecule has 1 N–H and O–H groups in total. The Morgan fingerprint density at radius 1 is 1.14 bits per heavy atom. The number of rotatable bonds is 5. The molecule has 7 heteroatoms. The number of hydrogen-bond acceptors (Lipinski definition) is 4. The molecule has 0 aromatic carbocycles. The van der Waals surface area contributed by atoms with Gasteiger partial charge in [-0.2, -0.15) is 0 Å². The van der Waals surface area contributed by atoms with Crippen LogP contribution < -0.4 is 4.72 Å². The average Bonchev–Trinajstić information content (AvgIpc) is 2.45. The molecule has 6 nitrogen and oxygen atoms in total. The highest BCUT2D eigenvalue weighted by molar-refractivity contribution is 7.88. The van der Waals surface area contributed by atoms with Crippen LogP contribution in [-0.4, -0.2) is 57.3 Å². The van der Waals surface area contributed by atoms with E-state index in [1.807, 2.05) is 4.90 Å². The van der Waals surface area contributed by atoms with E-state index in [1.165, 1.54) is 12.7 Å². The molecule has 0 aromatic heterocycles. The van der Waals surface area contributed by atoms with E-state index in [1.54, 1.807) is 0 Å². The van der Waals surface area contributed by atoms with Crippen molar-refractivity contribution in [3.05, 3.63) is 0 Å². The number of nitrogens with zero attached hydrogens (tertiary/aromatic N) is 1. The van der Waals surface area contributed by atoms with Gasteiger partial charge in [0.25, 0.3) is 0 Å². The number of carbonyl (C=O) groups is 1. The summed E-state index contributed by atoms with van der Waals surface area (Å²) in [5.41, 5.74) is 0. The zero-order chi connectivity index (χ0) is 15.3. The van der Waals surface area contributed by atoms with Gasteiger partial charge in [-0.05, 0) is 44.9 Å². The maximum absolute atomic E-state index is 12.0.